The molecule has 3 aromatic rings. The summed E-state index contributed by atoms with van der Waals surface area (Å²) in [4.78, 5) is 8.60. The van der Waals surface area contributed by atoms with Crippen LogP contribution in [0.2, 0.25) is 0 Å². The van der Waals surface area contributed by atoms with Crippen molar-refractivity contribution in [3.05, 3.63) is 83.9 Å². The molecule has 1 aromatic heterocycles. The molecule has 0 saturated carbocycles. The average molecular weight is 361 g/mol. The van der Waals surface area contributed by atoms with Crippen molar-refractivity contribution in [2.24, 2.45) is 10.7 Å². The molecule has 0 amide bonds. The zero-order valence-electron chi connectivity index (χ0n) is 15.1. The number of hydrogen-bond donors (Lipinski definition) is 2. The van der Waals surface area contributed by atoms with Crippen LogP contribution in [0.4, 0.5) is 0 Å². The van der Waals surface area contributed by atoms with E-state index >= 15 is 0 Å². The number of nitrogens with one attached hydrogen (secondary N) is 1. The van der Waals surface area contributed by atoms with Gasteiger partial charge in [-0.2, -0.15) is 0 Å². The second-order valence-corrected chi connectivity index (χ2v) is 6.63. The Hall–Kier alpha value is -3.28. The summed E-state index contributed by atoms with van der Waals surface area (Å²) in [6.45, 7) is 2.02. The fraction of sp³-hybridized carbons (Fsp3) is 0.238. The Morgan fingerprint density at radius 2 is 2.11 bits per heavy atom. The molecule has 2 heterocycles. The van der Waals surface area contributed by atoms with Crippen LogP contribution in [0.15, 0.2) is 72.2 Å². The lowest BCUT2D eigenvalue weighted by Gasteiger charge is -2.26. The lowest BCUT2D eigenvalue weighted by molar-refractivity contribution is 0.262. The van der Waals surface area contributed by atoms with Gasteiger partial charge in [-0.25, -0.2) is 9.98 Å². The van der Waals surface area contributed by atoms with Crippen molar-refractivity contribution < 1.29 is 4.74 Å². The van der Waals surface area contributed by atoms with Crippen LogP contribution in [0, 0.1) is 0 Å². The summed E-state index contributed by atoms with van der Waals surface area (Å²) >= 11 is 0. The van der Waals surface area contributed by atoms with Crippen molar-refractivity contribution in [2.45, 2.75) is 25.6 Å². The van der Waals surface area contributed by atoms with Gasteiger partial charge in [0.05, 0.1) is 25.5 Å². The highest BCUT2D eigenvalue weighted by atomic mass is 16.5. The monoisotopic (exact) mass is 361 g/mol. The topological polar surface area (TPSA) is 77.5 Å². The van der Waals surface area contributed by atoms with Gasteiger partial charge in [0, 0.05) is 30.9 Å². The van der Waals surface area contributed by atoms with Crippen LogP contribution in [0.3, 0.4) is 0 Å². The molecule has 0 aliphatic carbocycles. The Morgan fingerprint density at radius 3 is 3.00 bits per heavy atom. The number of fused-ring (bicyclic) bond motifs is 1. The first-order valence-corrected chi connectivity index (χ1v) is 9.10. The van der Waals surface area contributed by atoms with E-state index < -0.39 is 0 Å². The SMILES string of the molecule is NC(=NCc1cccc(Cn2ccnc2)c1)NC1CCOc2ccccc21. The van der Waals surface area contributed by atoms with Crippen LogP contribution < -0.4 is 15.8 Å². The highest BCUT2D eigenvalue weighted by Crippen LogP contribution is 2.31. The number of ether oxygens (including phenoxy) is 1. The van der Waals surface area contributed by atoms with Crippen LogP contribution in [0.5, 0.6) is 5.75 Å². The van der Waals surface area contributed by atoms with E-state index in [0.717, 1.165) is 29.8 Å². The van der Waals surface area contributed by atoms with Crippen LogP contribution in [-0.2, 0) is 13.1 Å². The minimum absolute atomic E-state index is 0.131. The van der Waals surface area contributed by atoms with Gasteiger partial charge in [0.25, 0.3) is 0 Å². The Labute approximate surface area is 158 Å². The van der Waals surface area contributed by atoms with E-state index in [1.54, 1.807) is 6.20 Å². The molecule has 27 heavy (non-hydrogen) atoms. The van der Waals surface area contributed by atoms with E-state index in [2.05, 4.69) is 45.6 Å². The molecule has 4 rings (SSSR count). The normalized spacial score (nSPS) is 16.4. The highest BCUT2D eigenvalue weighted by molar-refractivity contribution is 5.78. The molecular weight excluding hydrogens is 338 g/mol. The number of benzene rings is 2. The maximum absolute atomic E-state index is 6.14. The molecule has 3 N–H and O–H groups in total. The van der Waals surface area contributed by atoms with Crippen LogP contribution in [0.25, 0.3) is 0 Å². The van der Waals surface area contributed by atoms with Crippen LogP contribution in [-0.4, -0.2) is 22.1 Å². The molecule has 138 valence electrons. The first-order chi connectivity index (χ1) is 13.3. The number of para-hydroxylation sites is 1. The molecule has 0 spiro atoms. The zero-order chi connectivity index (χ0) is 18.5. The number of aliphatic imine (C=N–C) groups is 1. The summed E-state index contributed by atoms with van der Waals surface area (Å²) in [5.74, 6) is 1.37. The molecule has 1 unspecified atom stereocenters. The van der Waals surface area contributed by atoms with Gasteiger partial charge in [0.1, 0.15) is 5.75 Å². The first-order valence-electron chi connectivity index (χ1n) is 9.10. The van der Waals surface area contributed by atoms with Crippen molar-refractivity contribution in [1.82, 2.24) is 14.9 Å². The number of hydrogen-bond acceptors (Lipinski definition) is 3. The maximum Gasteiger partial charge on any atom is 0.189 e. The summed E-state index contributed by atoms with van der Waals surface area (Å²) in [5.41, 5.74) is 9.61. The van der Waals surface area contributed by atoms with Crippen molar-refractivity contribution >= 4 is 5.96 Å². The van der Waals surface area contributed by atoms with Gasteiger partial charge in [-0.15, -0.1) is 0 Å². The number of nitrogens with zero attached hydrogens (tertiary/aromatic N) is 3. The first kappa shape index (κ1) is 17.1. The van der Waals surface area contributed by atoms with Crippen molar-refractivity contribution in [1.29, 1.82) is 0 Å². The predicted octanol–water partition coefficient (Wildman–Crippen LogP) is 2.86. The fourth-order valence-corrected chi connectivity index (χ4v) is 3.31. The number of guanidine groups is 1. The number of nitrogens with two attached hydrogens (primary N) is 1. The summed E-state index contributed by atoms with van der Waals surface area (Å²) < 4.78 is 7.74. The van der Waals surface area contributed by atoms with Crippen molar-refractivity contribution in [3.8, 4) is 5.75 Å². The average Bonchev–Trinajstić information content (AvgIpc) is 3.20. The minimum Gasteiger partial charge on any atom is -0.493 e. The molecule has 1 atom stereocenters. The van der Waals surface area contributed by atoms with Crippen molar-refractivity contribution in [2.75, 3.05) is 6.61 Å². The Kier molecular flexibility index (Phi) is 5.05. The second-order valence-electron chi connectivity index (χ2n) is 6.63. The molecular formula is C21H23N5O. The Bertz CT molecular complexity index is 920. The largest absolute Gasteiger partial charge is 0.493 e. The third kappa shape index (κ3) is 4.28. The van der Waals surface area contributed by atoms with Gasteiger partial charge < -0.3 is 20.4 Å². The smallest absolute Gasteiger partial charge is 0.189 e. The lowest BCUT2D eigenvalue weighted by Crippen LogP contribution is -2.37. The molecule has 0 radical (unpaired) electrons. The van der Waals surface area contributed by atoms with Gasteiger partial charge in [-0.05, 0) is 17.2 Å². The highest BCUT2D eigenvalue weighted by Gasteiger charge is 2.21. The van der Waals surface area contributed by atoms with E-state index in [-0.39, 0.29) is 6.04 Å². The van der Waals surface area contributed by atoms with Gasteiger partial charge in [0.2, 0.25) is 0 Å². The van der Waals surface area contributed by atoms with Crippen molar-refractivity contribution in [3.63, 3.8) is 0 Å². The number of imidazole rings is 1. The number of rotatable bonds is 5. The minimum atomic E-state index is 0.131. The summed E-state index contributed by atoms with van der Waals surface area (Å²) in [7, 11) is 0. The van der Waals surface area contributed by atoms with E-state index in [0.29, 0.717) is 19.1 Å². The van der Waals surface area contributed by atoms with Crippen LogP contribution in [0.1, 0.15) is 29.2 Å². The molecule has 1 aliphatic heterocycles. The second kappa shape index (κ2) is 7.95. The third-order valence-corrected chi connectivity index (χ3v) is 4.63. The maximum atomic E-state index is 6.14. The molecule has 6 heteroatoms. The summed E-state index contributed by atoms with van der Waals surface area (Å²) in [6, 6.07) is 16.6. The lowest BCUT2D eigenvalue weighted by atomic mass is 10.0. The van der Waals surface area contributed by atoms with E-state index in [4.69, 9.17) is 10.5 Å². The standard InChI is InChI=1S/C21H23N5O/c22-21(25-19-8-11-27-20-7-2-1-6-18(19)20)24-13-16-4-3-5-17(12-16)14-26-10-9-23-15-26/h1-7,9-10,12,15,19H,8,11,13-14H2,(H3,22,24,25). The molecule has 1 aliphatic rings. The van der Waals surface area contributed by atoms with E-state index in [9.17, 15) is 0 Å². The van der Waals surface area contributed by atoms with Gasteiger partial charge in [-0.3, -0.25) is 0 Å². The molecule has 6 nitrogen and oxygen atoms in total. The molecule has 0 saturated heterocycles. The van der Waals surface area contributed by atoms with Gasteiger partial charge in [0.15, 0.2) is 5.96 Å². The quantitative estimate of drug-likeness (QED) is 0.541. The van der Waals surface area contributed by atoms with E-state index in [1.165, 1.54) is 5.56 Å². The third-order valence-electron chi connectivity index (χ3n) is 4.63. The van der Waals surface area contributed by atoms with E-state index in [1.807, 2.05) is 35.3 Å². The molecule has 0 fully saturated rings. The Morgan fingerprint density at radius 1 is 1.22 bits per heavy atom. The molecule has 0 bridgehead atoms. The van der Waals surface area contributed by atoms with Gasteiger partial charge in [-0.1, -0.05) is 42.5 Å². The molecule has 2 aromatic carbocycles. The number of aromatic nitrogens is 2. The summed E-state index contributed by atoms with van der Waals surface area (Å²) in [6.07, 6.45) is 6.43. The van der Waals surface area contributed by atoms with Gasteiger partial charge >= 0.3 is 0 Å². The summed E-state index contributed by atoms with van der Waals surface area (Å²) in [5, 5.41) is 3.33. The predicted molar refractivity (Wildman–Crippen MR) is 106 cm³/mol. The Balaban J connectivity index is 1.40. The fourth-order valence-electron chi connectivity index (χ4n) is 3.31. The van der Waals surface area contributed by atoms with Crippen LogP contribution >= 0.6 is 0 Å². The zero-order valence-corrected chi connectivity index (χ0v) is 15.1.